The molecule has 13 heavy (non-hydrogen) atoms. The molecule has 0 radical (unpaired) electrons. The van der Waals surface area contributed by atoms with Gasteiger partial charge in [0.1, 0.15) is 0 Å². The van der Waals surface area contributed by atoms with Gasteiger partial charge in [-0.3, -0.25) is 9.69 Å². The first-order valence-electron chi connectivity index (χ1n) is 3.95. The van der Waals surface area contributed by atoms with Crippen LogP contribution < -0.4 is 4.90 Å². The van der Waals surface area contributed by atoms with Crippen molar-refractivity contribution in [3.05, 3.63) is 5.89 Å². The smallest absolute Gasteiger partial charge is 0.325 e. The molecule has 1 fully saturated rings. The lowest BCUT2D eigenvalue weighted by atomic mass is 10.3. The second-order valence-corrected chi connectivity index (χ2v) is 2.97. The number of anilines is 1. The summed E-state index contributed by atoms with van der Waals surface area (Å²) in [6, 6.07) is 0.166. The van der Waals surface area contributed by atoms with E-state index in [0.717, 1.165) is 0 Å². The van der Waals surface area contributed by atoms with Gasteiger partial charge in [0.15, 0.2) is 0 Å². The molecule has 0 aromatic carbocycles. The Hall–Kier alpha value is -1.43. The molecular formula is C7H9N3O3. The van der Waals surface area contributed by atoms with Crippen LogP contribution in [0.25, 0.3) is 0 Å². The number of hydrogen-bond donors (Lipinski definition) is 1. The van der Waals surface area contributed by atoms with Gasteiger partial charge in [-0.2, -0.15) is 0 Å². The molecule has 0 saturated carbocycles. The minimum Gasteiger partial charge on any atom is -0.408 e. The number of aliphatic hydroxyl groups is 1. The molecule has 0 bridgehead atoms. The van der Waals surface area contributed by atoms with E-state index in [2.05, 4.69) is 10.2 Å². The first-order chi connectivity index (χ1) is 6.16. The van der Waals surface area contributed by atoms with Gasteiger partial charge in [-0.05, 0) is 0 Å². The molecule has 1 unspecified atom stereocenters. The number of carbonyl (C=O) groups excluding carboxylic acids is 1. The summed E-state index contributed by atoms with van der Waals surface area (Å²) in [6.45, 7) is 1.88. The number of nitrogens with zero attached hydrogens (tertiary/aromatic N) is 3. The van der Waals surface area contributed by atoms with Gasteiger partial charge < -0.3 is 9.52 Å². The molecule has 6 nitrogen and oxygen atoms in total. The molecule has 2 heterocycles. The molecule has 1 saturated heterocycles. The highest BCUT2D eigenvalue weighted by Gasteiger charge is 2.32. The summed E-state index contributed by atoms with van der Waals surface area (Å²) in [4.78, 5) is 12.5. The van der Waals surface area contributed by atoms with Crippen LogP contribution in [-0.2, 0) is 4.79 Å². The molecule has 1 aromatic rings. The zero-order valence-electron chi connectivity index (χ0n) is 7.10. The summed E-state index contributed by atoms with van der Waals surface area (Å²) in [7, 11) is 0. The van der Waals surface area contributed by atoms with Crippen molar-refractivity contribution in [3.63, 3.8) is 0 Å². The molecule has 1 amide bonds. The monoisotopic (exact) mass is 183 g/mol. The van der Waals surface area contributed by atoms with Crippen molar-refractivity contribution in [1.82, 2.24) is 10.2 Å². The molecule has 70 valence electrons. The Balaban J connectivity index is 2.22. The Morgan fingerprint density at radius 2 is 2.38 bits per heavy atom. The van der Waals surface area contributed by atoms with E-state index in [1.165, 1.54) is 4.90 Å². The third-order valence-corrected chi connectivity index (χ3v) is 1.85. The quantitative estimate of drug-likeness (QED) is 0.633. The van der Waals surface area contributed by atoms with Crippen LogP contribution in [0.1, 0.15) is 12.3 Å². The Morgan fingerprint density at radius 3 is 2.85 bits per heavy atom. The molecule has 0 aliphatic carbocycles. The van der Waals surface area contributed by atoms with E-state index in [1.807, 2.05) is 0 Å². The third kappa shape index (κ3) is 1.40. The average molecular weight is 183 g/mol. The first-order valence-corrected chi connectivity index (χ1v) is 3.95. The topological polar surface area (TPSA) is 79.5 Å². The predicted molar refractivity (Wildman–Crippen MR) is 42.0 cm³/mol. The highest BCUT2D eigenvalue weighted by Crippen LogP contribution is 2.19. The fourth-order valence-electron chi connectivity index (χ4n) is 1.27. The second-order valence-electron chi connectivity index (χ2n) is 2.97. The molecule has 2 rings (SSSR count). The van der Waals surface area contributed by atoms with E-state index in [4.69, 9.17) is 4.42 Å². The standard InChI is InChI=1S/C7H9N3O3/c1-4-8-9-7(13-4)10-3-5(11)2-6(10)12/h5,11H,2-3H2,1H3. The highest BCUT2D eigenvalue weighted by molar-refractivity contribution is 5.93. The molecule has 6 heteroatoms. The van der Waals surface area contributed by atoms with Crippen molar-refractivity contribution in [3.8, 4) is 0 Å². The van der Waals surface area contributed by atoms with Crippen LogP contribution in [-0.4, -0.2) is 33.9 Å². The van der Waals surface area contributed by atoms with Crippen molar-refractivity contribution in [1.29, 1.82) is 0 Å². The molecular weight excluding hydrogens is 174 g/mol. The maximum Gasteiger partial charge on any atom is 0.325 e. The van der Waals surface area contributed by atoms with Crippen LogP contribution >= 0.6 is 0 Å². The van der Waals surface area contributed by atoms with Crippen molar-refractivity contribution >= 4 is 11.9 Å². The summed E-state index contributed by atoms with van der Waals surface area (Å²) in [6.07, 6.45) is -0.499. The maximum atomic E-state index is 11.2. The van der Waals surface area contributed by atoms with Gasteiger partial charge in [0.25, 0.3) is 0 Å². The molecule has 1 atom stereocenters. The first kappa shape index (κ1) is 8.18. The summed E-state index contributed by atoms with van der Waals surface area (Å²) >= 11 is 0. The van der Waals surface area contributed by atoms with E-state index in [9.17, 15) is 9.90 Å². The predicted octanol–water partition coefficient (Wildman–Crippen LogP) is -0.524. The number of carbonyl (C=O) groups is 1. The fraction of sp³-hybridized carbons (Fsp3) is 0.571. The number of aliphatic hydroxyl groups excluding tert-OH is 1. The van der Waals surface area contributed by atoms with E-state index >= 15 is 0 Å². The van der Waals surface area contributed by atoms with Crippen molar-refractivity contribution < 1.29 is 14.3 Å². The fourth-order valence-corrected chi connectivity index (χ4v) is 1.27. The minimum atomic E-state index is -0.625. The van der Waals surface area contributed by atoms with Gasteiger partial charge in [-0.15, -0.1) is 5.10 Å². The summed E-state index contributed by atoms with van der Waals surface area (Å²) < 4.78 is 5.06. The third-order valence-electron chi connectivity index (χ3n) is 1.85. The van der Waals surface area contributed by atoms with Gasteiger partial charge in [0.05, 0.1) is 19.1 Å². The minimum absolute atomic E-state index is 0.126. The highest BCUT2D eigenvalue weighted by atomic mass is 16.4. The number of rotatable bonds is 1. The van der Waals surface area contributed by atoms with Crippen molar-refractivity contribution in [2.75, 3.05) is 11.4 Å². The largest absolute Gasteiger partial charge is 0.408 e. The lowest BCUT2D eigenvalue weighted by Crippen LogP contribution is -2.25. The number of amides is 1. The lowest BCUT2D eigenvalue weighted by molar-refractivity contribution is -0.117. The van der Waals surface area contributed by atoms with Gasteiger partial charge in [-0.1, -0.05) is 5.10 Å². The van der Waals surface area contributed by atoms with Gasteiger partial charge >= 0.3 is 6.01 Å². The second kappa shape index (κ2) is 2.81. The molecule has 0 spiro atoms. The van der Waals surface area contributed by atoms with Crippen LogP contribution in [0.2, 0.25) is 0 Å². The van der Waals surface area contributed by atoms with E-state index < -0.39 is 6.10 Å². The SMILES string of the molecule is Cc1nnc(N2CC(O)CC2=O)o1. The van der Waals surface area contributed by atoms with E-state index in [0.29, 0.717) is 5.89 Å². The Labute approximate surface area is 74.2 Å². The zero-order valence-corrected chi connectivity index (χ0v) is 7.10. The summed E-state index contributed by atoms with van der Waals surface area (Å²) in [5, 5.41) is 16.5. The van der Waals surface area contributed by atoms with Crippen LogP contribution in [0.5, 0.6) is 0 Å². The Kier molecular flexibility index (Phi) is 1.77. The summed E-state index contributed by atoms with van der Waals surface area (Å²) in [5.41, 5.74) is 0. The molecule has 1 N–H and O–H groups in total. The van der Waals surface area contributed by atoms with Crippen LogP contribution in [0.3, 0.4) is 0 Å². The van der Waals surface area contributed by atoms with Gasteiger partial charge in [0.2, 0.25) is 11.8 Å². The number of β-amino-alcohol motifs (C(OH)–C–C–N with tert-alkyl or cyclic N) is 1. The van der Waals surface area contributed by atoms with Crippen molar-refractivity contribution in [2.45, 2.75) is 19.4 Å². The maximum absolute atomic E-state index is 11.2. The lowest BCUT2D eigenvalue weighted by Gasteiger charge is -2.08. The molecule has 1 aliphatic heterocycles. The Morgan fingerprint density at radius 1 is 1.62 bits per heavy atom. The number of hydrogen-bond acceptors (Lipinski definition) is 5. The van der Waals surface area contributed by atoms with Gasteiger partial charge in [0, 0.05) is 6.92 Å². The van der Waals surface area contributed by atoms with Crippen LogP contribution in [0.4, 0.5) is 6.01 Å². The summed E-state index contributed by atoms with van der Waals surface area (Å²) in [5.74, 6) is 0.223. The van der Waals surface area contributed by atoms with Crippen LogP contribution in [0, 0.1) is 6.92 Å². The molecule has 1 aliphatic rings. The normalized spacial score (nSPS) is 22.8. The van der Waals surface area contributed by atoms with Crippen LogP contribution in [0.15, 0.2) is 4.42 Å². The Bertz CT molecular complexity index is 335. The van der Waals surface area contributed by atoms with Crippen molar-refractivity contribution in [2.24, 2.45) is 0 Å². The number of aromatic nitrogens is 2. The van der Waals surface area contributed by atoms with Gasteiger partial charge in [-0.25, -0.2) is 0 Å². The van der Waals surface area contributed by atoms with E-state index in [1.54, 1.807) is 6.92 Å². The molecule has 1 aromatic heterocycles. The average Bonchev–Trinajstić information content (AvgIpc) is 2.58. The van der Waals surface area contributed by atoms with E-state index in [-0.39, 0.29) is 24.9 Å². The number of aryl methyl sites for hydroxylation is 1. The zero-order chi connectivity index (χ0) is 9.42.